The van der Waals surface area contributed by atoms with E-state index in [1.807, 2.05) is 24.3 Å². The van der Waals surface area contributed by atoms with Crippen molar-refractivity contribution in [3.8, 4) is 0 Å². The molecule has 28 heavy (non-hydrogen) atoms. The van der Waals surface area contributed by atoms with Crippen LogP contribution in [0.3, 0.4) is 0 Å². The number of rotatable bonds is 13. The van der Waals surface area contributed by atoms with Crippen molar-refractivity contribution in [3.63, 3.8) is 0 Å². The molecule has 0 amide bonds. The van der Waals surface area contributed by atoms with Gasteiger partial charge >= 0.3 is 0 Å². The number of hydrogen-bond donors (Lipinski definition) is 4. The summed E-state index contributed by atoms with van der Waals surface area (Å²) in [5.74, 6) is 1.79. The Labute approximate surface area is 186 Å². The minimum atomic E-state index is -0.704. The quantitative estimate of drug-likeness (QED) is 0.278. The molecule has 7 heteroatoms. The van der Waals surface area contributed by atoms with Gasteiger partial charge in [-0.1, -0.05) is 23.7 Å². The number of benzene rings is 1. The molecule has 0 spiro atoms. The maximum absolute atomic E-state index is 11.0. The zero-order valence-corrected chi connectivity index (χ0v) is 19.4. The fraction of sp³-hybridized carbons (Fsp3) is 0.714. The van der Waals surface area contributed by atoms with Crippen LogP contribution >= 0.6 is 36.9 Å². The summed E-state index contributed by atoms with van der Waals surface area (Å²) >= 11 is 14.6. The standard InChI is InChI=1S/C21H36ClN3OS2/c22-20-5-3-19(4-6-20)21(26)7-13-24(14-8-21)11-1-2-12-25(16-18-28)15-9-23-10-17-27/h3-6,23,26-28H,1-2,7-18H2. The second-order valence-electron chi connectivity index (χ2n) is 7.63. The van der Waals surface area contributed by atoms with Gasteiger partial charge < -0.3 is 20.2 Å². The second kappa shape index (κ2) is 13.4. The van der Waals surface area contributed by atoms with Crippen LogP contribution < -0.4 is 5.32 Å². The van der Waals surface area contributed by atoms with E-state index in [9.17, 15) is 5.11 Å². The number of unbranched alkanes of at least 4 members (excludes halogenated alkanes) is 1. The molecule has 0 atom stereocenters. The van der Waals surface area contributed by atoms with Gasteiger partial charge in [0.05, 0.1) is 5.60 Å². The molecule has 2 N–H and O–H groups in total. The van der Waals surface area contributed by atoms with Gasteiger partial charge in [-0.25, -0.2) is 0 Å². The maximum atomic E-state index is 11.0. The summed E-state index contributed by atoms with van der Waals surface area (Å²) in [6.07, 6.45) is 3.99. The van der Waals surface area contributed by atoms with Crippen LogP contribution in [0.4, 0.5) is 0 Å². The highest BCUT2D eigenvalue weighted by atomic mass is 35.5. The van der Waals surface area contributed by atoms with Crippen molar-refractivity contribution in [1.82, 2.24) is 15.1 Å². The molecule has 0 unspecified atom stereocenters. The average Bonchev–Trinajstić information content (AvgIpc) is 2.70. The van der Waals surface area contributed by atoms with Crippen LogP contribution in [0.1, 0.15) is 31.2 Å². The third kappa shape index (κ3) is 8.42. The fourth-order valence-electron chi connectivity index (χ4n) is 3.78. The van der Waals surface area contributed by atoms with Crippen molar-refractivity contribution < 1.29 is 5.11 Å². The summed E-state index contributed by atoms with van der Waals surface area (Å²) in [6, 6.07) is 7.65. The van der Waals surface area contributed by atoms with E-state index in [0.29, 0.717) is 5.02 Å². The van der Waals surface area contributed by atoms with Crippen LogP contribution in [0.25, 0.3) is 0 Å². The minimum absolute atomic E-state index is 0.704. The summed E-state index contributed by atoms with van der Waals surface area (Å²) in [5.41, 5.74) is 0.287. The van der Waals surface area contributed by atoms with Gasteiger partial charge in [-0.15, -0.1) is 0 Å². The third-order valence-electron chi connectivity index (χ3n) is 5.57. The molecule has 160 valence electrons. The van der Waals surface area contributed by atoms with Crippen LogP contribution in [-0.4, -0.2) is 78.8 Å². The normalized spacial score (nSPS) is 17.3. The Morgan fingerprint density at radius 2 is 1.71 bits per heavy atom. The monoisotopic (exact) mass is 445 g/mol. The van der Waals surface area contributed by atoms with Crippen LogP contribution in [0.2, 0.25) is 5.02 Å². The van der Waals surface area contributed by atoms with Gasteiger partial charge in [0.25, 0.3) is 0 Å². The van der Waals surface area contributed by atoms with Gasteiger partial charge in [-0.3, -0.25) is 0 Å². The zero-order chi connectivity index (χ0) is 20.2. The molecule has 1 aliphatic rings. The summed E-state index contributed by atoms with van der Waals surface area (Å²) in [4.78, 5) is 4.98. The van der Waals surface area contributed by atoms with Crippen LogP contribution in [0.5, 0.6) is 0 Å². The lowest BCUT2D eigenvalue weighted by atomic mass is 9.84. The molecule has 1 aromatic rings. The number of nitrogens with one attached hydrogen (secondary N) is 1. The summed E-state index contributed by atoms with van der Waals surface area (Å²) in [7, 11) is 0. The Morgan fingerprint density at radius 3 is 2.36 bits per heavy atom. The predicted molar refractivity (Wildman–Crippen MR) is 127 cm³/mol. The van der Waals surface area contributed by atoms with Crippen LogP contribution in [0.15, 0.2) is 24.3 Å². The Kier molecular flexibility index (Phi) is 11.6. The lowest BCUT2D eigenvalue weighted by Crippen LogP contribution is -2.43. The molecule has 1 aliphatic heterocycles. The number of hydrogen-bond acceptors (Lipinski definition) is 6. The Bertz CT molecular complexity index is 539. The van der Waals surface area contributed by atoms with E-state index in [4.69, 9.17) is 11.6 Å². The SMILES string of the molecule is OC1(c2ccc(Cl)cc2)CCN(CCCCN(CCS)CCNCCS)CC1. The highest BCUT2D eigenvalue weighted by Crippen LogP contribution is 2.33. The number of piperidine rings is 1. The Morgan fingerprint density at radius 1 is 1.00 bits per heavy atom. The lowest BCUT2D eigenvalue weighted by molar-refractivity contribution is -0.0261. The molecular formula is C21H36ClN3OS2. The number of halogens is 1. The van der Waals surface area contributed by atoms with Gasteiger partial charge in [0, 0.05) is 55.8 Å². The van der Waals surface area contributed by atoms with Gasteiger partial charge in [0.1, 0.15) is 0 Å². The first-order valence-corrected chi connectivity index (χ1v) is 12.1. The van der Waals surface area contributed by atoms with E-state index < -0.39 is 5.60 Å². The van der Waals surface area contributed by atoms with Gasteiger partial charge in [-0.2, -0.15) is 25.3 Å². The molecule has 0 radical (unpaired) electrons. The van der Waals surface area contributed by atoms with Gasteiger partial charge in [0.15, 0.2) is 0 Å². The second-order valence-corrected chi connectivity index (χ2v) is 8.96. The molecule has 4 nitrogen and oxygen atoms in total. The van der Waals surface area contributed by atoms with Crippen LogP contribution in [-0.2, 0) is 5.60 Å². The highest BCUT2D eigenvalue weighted by Gasteiger charge is 2.33. The largest absolute Gasteiger partial charge is 0.385 e. The van der Waals surface area contributed by atoms with E-state index in [1.165, 1.54) is 12.8 Å². The topological polar surface area (TPSA) is 38.7 Å². The molecule has 0 saturated carbocycles. The molecule has 1 saturated heterocycles. The number of nitrogens with zero attached hydrogens (tertiary/aromatic N) is 2. The number of likely N-dealkylation sites (tertiary alicyclic amines) is 1. The Hall–Kier alpha value is 0.0500. The molecule has 1 heterocycles. The van der Waals surface area contributed by atoms with Gasteiger partial charge in [-0.05, 0) is 56.5 Å². The molecule has 1 fully saturated rings. The lowest BCUT2D eigenvalue weighted by Gasteiger charge is -2.38. The summed E-state index contributed by atoms with van der Waals surface area (Å²) in [5, 5.41) is 15.1. The van der Waals surface area contributed by atoms with E-state index >= 15 is 0 Å². The van der Waals surface area contributed by atoms with Gasteiger partial charge in [0.2, 0.25) is 0 Å². The first-order chi connectivity index (χ1) is 13.6. The first-order valence-electron chi connectivity index (χ1n) is 10.4. The zero-order valence-electron chi connectivity index (χ0n) is 16.8. The molecular weight excluding hydrogens is 410 g/mol. The predicted octanol–water partition coefficient (Wildman–Crippen LogP) is 3.15. The maximum Gasteiger partial charge on any atom is 0.0920 e. The first kappa shape index (κ1) is 24.3. The average molecular weight is 446 g/mol. The van der Waals surface area contributed by atoms with Crippen molar-refractivity contribution in [2.75, 3.05) is 63.9 Å². The Balaban J connectivity index is 1.64. The number of thiol groups is 2. The van der Waals surface area contributed by atoms with E-state index in [-0.39, 0.29) is 0 Å². The molecule has 1 aromatic carbocycles. The molecule has 0 aliphatic carbocycles. The molecule has 2 rings (SSSR count). The molecule has 0 bridgehead atoms. The minimum Gasteiger partial charge on any atom is -0.385 e. The third-order valence-corrected chi connectivity index (χ3v) is 6.25. The van der Waals surface area contributed by atoms with Crippen molar-refractivity contribution in [2.24, 2.45) is 0 Å². The van der Waals surface area contributed by atoms with Crippen molar-refractivity contribution in [1.29, 1.82) is 0 Å². The van der Waals surface area contributed by atoms with Crippen molar-refractivity contribution in [2.45, 2.75) is 31.3 Å². The summed E-state index contributed by atoms with van der Waals surface area (Å²) < 4.78 is 0. The molecule has 0 aromatic heterocycles. The number of aliphatic hydroxyl groups is 1. The fourth-order valence-corrected chi connectivity index (χ4v) is 4.35. The highest BCUT2D eigenvalue weighted by molar-refractivity contribution is 7.80. The van der Waals surface area contributed by atoms with E-state index in [1.54, 1.807) is 0 Å². The van der Waals surface area contributed by atoms with E-state index in [2.05, 4.69) is 40.4 Å². The smallest absolute Gasteiger partial charge is 0.0920 e. The van der Waals surface area contributed by atoms with E-state index in [0.717, 1.165) is 82.3 Å². The summed E-state index contributed by atoms with van der Waals surface area (Å²) in [6.45, 7) is 8.25. The van der Waals surface area contributed by atoms with Crippen molar-refractivity contribution in [3.05, 3.63) is 34.9 Å². The van der Waals surface area contributed by atoms with Crippen LogP contribution in [0, 0.1) is 0 Å². The van der Waals surface area contributed by atoms with Crippen molar-refractivity contribution >= 4 is 36.9 Å².